The standard InChI is InChI=1S/C10H16FNO3/c1-9(2,3)15-8(14)12-5-4-10(11,6-12)7-13/h7H,4-6H2,1-3H3/t10-/m1/s1. The summed E-state index contributed by atoms with van der Waals surface area (Å²) in [5.74, 6) is 0. The predicted octanol–water partition coefficient (Wildman–Crippen LogP) is 1.53. The van der Waals surface area contributed by atoms with Crippen LogP contribution in [-0.4, -0.2) is 41.6 Å². The minimum Gasteiger partial charge on any atom is -0.444 e. The van der Waals surface area contributed by atoms with Gasteiger partial charge in [0, 0.05) is 13.0 Å². The molecular formula is C10H16FNO3. The van der Waals surface area contributed by atoms with Crippen molar-refractivity contribution < 1.29 is 18.7 Å². The highest BCUT2D eigenvalue weighted by Gasteiger charge is 2.41. The fourth-order valence-corrected chi connectivity index (χ4v) is 1.37. The summed E-state index contributed by atoms with van der Waals surface area (Å²) in [6.45, 7) is 5.24. The zero-order valence-corrected chi connectivity index (χ0v) is 9.25. The van der Waals surface area contributed by atoms with Crippen molar-refractivity contribution in [1.82, 2.24) is 4.90 Å². The van der Waals surface area contributed by atoms with E-state index in [1.165, 1.54) is 4.90 Å². The van der Waals surface area contributed by atoms with Crippen molar-refractivity contribution >= 4 is 12.4 Å². The molecule has 1 aliphatic heterocycles. The van der Waals surface area contributed by atoms with Crippen LogP contribution >= 0.6 is 0 Å². The Morgan fingerprint density at radius 3 is 2.53 bits per heavy atom. The van der Waals surface area contributed by atoms with E-state index in [2.05, 4.69) is 0 Å². The Hall–Kier alpha value is -1.13. The number of halogens is 1. The van der Waals surface area contributed by atoms with Crippen LogP contribution in [0.1, 0.15) is 27.2 Å². The van der Waals surface area contributed by atoms with Gasteiger partial charge in [-0.15, -0.1) is 0 Å². The average Bonchev–Trinajstić information content (AvgIpc) is 2.46. The van der Waals surface area contributed by atoms with E-state index >= 15 is 0 Å². The molecule has 0 radical (unpaired) electrons. The Labute approximate surface area is 88.4 Å². The van der Waals surface area contributed by atoms with Crippen LogP contribution in [0.25, 0.3) is 0 Å². The summed E-state index contributed by atoms with van der Waals surface area (Å²) in [5, 5.41) is 0. The van der Waals surface area contributed by atoms with Crippen molar-refractivity contribution in [2.45, 2.75) is 38.5 Å². The molecule has 1 atom stereocenters. The van der Waals surface area contributed by atoms with Gasteiger partial charge in [-0.25, -0.2) is 9.18 Å². The summed E-state index contributed by atoms with van der Waals surface area (Å²) >= 11 is 0. The van der Waals surface area contributed by atoms with Gasteiger partial charge in [-0.2, -0.15) is 0 Å². The number of carbonyl (C=O) groups excluding carboxylic acids is 2. The highest BCUT2D eigenvalue weighted by molar-refractivity contribution is 5.72. The van der Waals surface area contributed by atoms with Gasteiger partial charge in [0.05, 0.1) is 6.54 Å². The number of hydrogen-bond donors (Lipinski definition) is 0. The first kappa shape index (κ1) is 11.9. The lowest BCUT2D eigenvalue weighted by atomic mass is 10.1. The minimum absolute atomic E-state index is 0.0513. The Morgan fingerprint density at radius 1 is 1.53 bits per heavy atom. The lowest BCUT2D eigenvalue weighted by Gasteiger charge is -2.24. The third-order valence-corrected chi connectivity index (χ3v) is 2.11. The maximum absolute atomic E-state index is 13.5. The molecule has 0 N–H and O–H groups in total. The molecule has 1 heterocycles. The zero-order chi connectivity index (χ0) is 11.7. The molecule has 1 aliphatic rings. The molecule has 86 valence electrons. The molecule has 0 unspecified atom stereocenters. The third-order valence-electron chi connectivity index (χ3n) is 2.11. The quantitative estimate of drug-likeness (QED) is 0.626. The number of amides is 1. The number of rotatable bonds is 1. The van der Waals surface area contributed by atoms with Gasteiger partial charge in [-0.1, -0.05) is 0 Å². The first-order chi connectivity index (χ1) is 6.76. The minimum atomic E-state index is -1.89. The lowest BCUT2D eigenvalue weighted by molar-refractivity contribution is -0.117. The molecule has 15 heavy (non-hydrogen) atoms. The summed E-state index contributed by atoms with van der Waals surface area (Å²) in [5.41, 5.74) is -2.49. The first-order valence-corrected chi connectivity index (χ1v) is 4.89. The first-order valence-electron chi connectivity index (χ1n) is 4.89. The molecule has 0 aromatic rings. The summed E-state index contributed by atoms with van der Waals surface area (Å²) in [6.07, 6.45) is -0.253. The van der Waals surface area contributed by atoms with E-state index in [0.717, 1.165) is 0 Å². The molecule has 1 fully saturated rings. The van der Waals surface area contributed by atoms with Crippen molar-refractivity contribution in [3.8, 4) is 0 Å². The van der Waals surface area contributed by atoms with E-state index in [1.54, 1.807) is 20.8 Å². The maximum Gasteiger partial charge on any atom is 0.410 e. The van der Waals surface area contributed by atoms with Gasteiger partial charge in [0.25, 0.3) is 0 Å². The van der Waals surface area contributed by atoms with Gasteiger partial charge in [-0.05, 0) is 20.8 Å². The predicted molar refractivity (Wildman–Crippen MR) is 52.3 cm³/mol. The van der Waals surface area contributed by atoms with E-state index in [1.807, 2.05) is 0 Å². The molecule has 0 aromatic heterocycles. The molecule has 0 aromatic carbocycles. The number of alkyl halides is 1. The second kappa shape index (κ2) is 3.79. The van der Waals surface area contributed by atoms with Crippen LogP contribution in [0.5, 0.6) is 0 Å². The second-order valence-corrected chi connectivity index (χ2v) is 4.80. The SMILES string of the molecule is CC(C)(C)OC(=O)N1CC[C@](F)(C=O)C1. The number of likely N-dealkylation sites (tertiary alicyclic amines) is 1. The highest BCUT2D eigenvalue weighted by Crippen LogP contribution is 2.24. The molecule has 1 saturated heterocycles. The number of aldehydes is 1. The Bertz CT molecular complexity index is 274. The number of nitrogens with zero attached hydrogens (tertiary/aromatic N) is 1. The van der Waals surface area contributed by atoms with Crippen LogP contribution in [0.4, 0.5) is 9.18 Å². The fraction of sp³-hybridized carbons (Fsp3) is 0.800. The monoisotopic (exact) mass is 217 g/mol. The van der Waals surface area contributed by atoms with Gasteiger partial charge in [0.2, 0.25) is 0 Å². The molecular weight excluding hydrogens is 201 g/mol. The van der Waals surface area contributed by atoms with Crippen LogP contribution in [0.2, 0.25) is 0 Å². The Kier molecular flexibility index (Phi) is 3.02. The zero-order valence-electron chi connectivity index (χ0n) is 9.25. The van der Waals surface area contributed by atoms with Crippen molar-refractivity contribution in [3.63, 3.8) is 0 Å². The van der Waals surface area contributed by atoms with Crippen LogP contribution < -0.4 is 0 Å². The molecule has 1 amide bonds. The van der Waals surface area contributed by atoms with Crippen LogP contribution in [0.3, 0.4) is 0 Å². The molecule has 0 aliphatic carbocycles. The van der Waals surface area contributed by atoms with Crippen molar-refractivity contribution in [2.24, 2.45) is 0 Å². The number of hydrogen-bond acceptors (Lipinski definition) is 3. The summed E-state index contributed by atoms with van der Waals surface area (Å²) in [6, 6.07) is 0. The van der Waals surface area contributed by atoms with E-state index in [4.69, 9.17) is 4.74 Å². The van der Waals surface area contributed by atoms with E-state index in [0.29, 0.717) is 0 Å². The van der Waals surface area contributed by atoms with Crippen LogP contribution in [0, 0.1) is 0 Å². The largest absolute Gasteiger partial charge is 0.444 e. The summed E-state index contributed by atoms with van der Waals surface area (Å²) < 4.78 is 18.5. The Morgan fingerprint density at radius 2 is 2.13 bits per heavy atom. The van der Waals surface area contributed by atoms with Gasteiger partial charge >= 0.3 is 6.09 Å². The van der Waals surface area contributed by atoms with Gasteiger partial charge in [0.1, 0.15) is 5.60 Å². The topological polar surface area (TPSA) is 46.6 Å². The van der Waals surface area contributed by atoms with Crippen molar-refractivity contribution in [3.05, 3.63) is 0 Å². The molecule has 0 saturated carbocycles. The van der Waals surface area contributed by atoms with Crippen LogP contribution in [0.15, 0.2) is 0 Å². The molecule has 5 heteroatoms. The Balaban J connectivity index is 2.54. The molecule has 4 nitrogen and oxygen atoms in total. The van der Waals surface area contributed by atoms with Crippen LogP contribution in [-0.2, 0) is 9.53 Å². The van der Waals surface area contributed by atoms with Crippen molar-refractivity contribution in [1.29, 1.82) is 0 Å². The van der Waals surface area contributed by atoms with Gasteiger partial charge < -0.3 is 9.64 Å². The van der Waals surface area contributed by atoms with E-state index < -0.39 is 17.4 Å². The number of carbonyl (C=O) groups is 2. The number of ether oxygens (including phenoxy) is 1. The average molecular weight is 217 g/mol. The summed E-state index contributed by atoms with van der Waals surface area (Å²) in [4.78, 5) is 23.1. The molecule has 0 bridgehead atoms. The maximum atomic E-state index is 13.5. The fourth-order valence-electron chi connectivity index (χ4n) is 1.37. The van der Waals surface area contributed by atoms with E-state index in [9.17, 15) is 14.0 Å². The molecule has 1 rings (SSSR count). The van der Waals surface area contributed by atoms with Gasteiger partial charge in [-0.3, -0.25) is 4.79 Å². The second-order valence-electron chi connectivity index (χ2n) is 4.80. The highest BCUT2D eigenvalue weighted by atomic mass is 19.1. The lowest BCUT2D eigenvalue weighted by Crippen LogP contribution is -2.38. The molecule has 0 spiro atoms. The normalized spacial score (nSPS) is 26.5. The van der Waals surface area contributed by atoms with Crippen molar-refractivity contribution in [2.75, 3.05) is 13.1 Å². The summed E-state index contributed by atoms with van der Waals surface area (Å²) in [7, 11) is 0. The van der Waals surface area contributed by atoms with Gasteiger partial charge in [0.15, 0.2) is 12.0 Å². The van der Waals surface area contributed by atoms with E-state index in [-0.39, 0.29) is 25.8 Å². The smallest absolute Gasteiger partial charge is 0.410 e. The third kappa shape index (κ3) is 3.18.